The molecule has 0 aromatic carbocycles. The van der Waals surface area contributed by atoms with Gasteiger partial charge in [-0.1, -0.05) is 0 Å². The van der Waals surface area contributed by atoms with Crippen molar-refractivity contribution in [3.05, 3.63) is 0 Å². The van der Waals surface area contributed by atoms with E-state index in [9.17, 15) is 0 Å². The van der Waals surface area contributed by atoms with Gasteiger partial charge < -0.3 is 19.2 Å². The third-order valence-corrected chi connectivity index (χ3v) is 0. The van der Waals surface area contributed by atoms with Crippen LogP contribution < -0.4 is 68.9 Å². The van der Waals surface area contributed by atoms with Crippen LogP contribution in [0.2, 0.25) is 0 Å². The zero-order valence-corrected chi connectivity index (χ0v) is 11.0. The van der Waals surface area contributed by atoms with Crippen LogP contribution in [0.4, 0.5) is 0 Å². The van der Waals surface area contributed by atoms with Crippen LogP contribution in [0, 0.1) is 11.3 Å². The first-order valence-corrected chi connectivity index (χ1v) is 2.97. The summed E-state index contributed by atoms with van der Waals surface area (Å²) in [6.45, 7) is 1.43. The van der Waals surface area contributed by atoms with Gasteiger partial charge in [-0.25, -0.2) is 0 Å². The van der Waals surface area contributed by atoms with Gasteiger partial charge in [-0.15, -0.1) is 0 Å². The van der Waals surface area contributed by atoms with E-state index in [1.54, 1.807) is 6.07 Å². The summed E-state index contributed by atoms with van der Waals surface area (Å²) >= 11 is 0. The van der Waals surface area contributed by atoms with Gasteiger partial charge in [-0.2, -0.15) is 5.26 Å². The summed E-state index contributed by atoms with van der Waals surface area (Å²) in [6, 6.07) is 1.75. The van der Waals surface area contributed by atoms with E-state index >= 15 is 0 Å². The molecule has 0 spiro atoms. The largest absolute Gasteiger partial charge is 1.00 e. The van der Waals surface area contributed by atoms with Crippen molar-refractivity contribution < 1.29 is 78.4 Å². The van der Waals surface area contributed by atoms with Crippen molar-refractivity contribution in [3.63, 3.8) is 0 Å². The summed E-state index contributed by atoms with van der Waals surface area (Å²) in [5.41, 5.74) is 0. The van der Waals surface area contributed by atoms with E-state index in [0.29, 0.717) is 0 Å². The molecule has 0 atom stereocenters. The molecule has 0 aliphatic heterocycles. The van der Waals surface area contributed by atoms with E-state index in [1.165, 1.54) is 6.92 Å². The Morgan fingerprint density at radius 2 is 1.50 bits per heavy atom. The molecule has 5 nitrogen and oxygen atoms in total. The minimum Gasteiger partial charge on any atom is -0.790 e. The SMILES string of the molecule is CC#N.O=P([O-])([O-])O.[Na+].[Na+]. The molecule has 0 bridgehead atoms. The Morgan fingerprint density at radius 3 is 1.50 bits per heavy atom. The first kappa shape index (κ1) is 22.6. The first-order chi connectivity index (χ1) is 3.41. The second kappa shape index (κ2) is 13.2. The standard InChI is InChI=1S/C2H3N.2Na.H3O4P/c1-2-3;;;1-5(2,3)4/h1H3;;;(H3,1,2,3,4)/q;2*+1;/p-2. The fourth-order valence-corrected chi connectivity index (χ4v) is 0. The van der Waals surface area contributed by atoms with Crippen LogP contribution in [0.15, 0.2) is 0 Å². The molecule has 0 aliphatic carbocycles. The van der Waals surface area contributed by atoms with Gasteiger partial charge in [0.05, 0.1) is 13.9 Å². The molecule has 0 aromatic heterocycles. The molecule has 0 saturated heterocycles. The van der Waals surface area contributed by atoms with Crippen molar-refractivity contribution in [2.75, 3.05) is 0 Å². The third kappa shape index (κ3) is 277. The maximum absolute atomic E-state index is 8.66. The number of phosphoric acid groups is 1. The third-order valence-electron chi connectivity index (χ3n) is 0. The van der Waals surface area contributed by atoms with Gasteiger partial charge in [-0.05, 0) is 0 Å². The van der Waals surface area contributed by atoms with Crippen LogP contribution in [0.1, 0.15) is 6.92 Å². The topological polar surface area (TPSA) is 107 Å². The molecule has 1 N–H and O–H groups in total. The summed E-state index contributed by atoms with van der Waals surface area (Å²) < 4.78 is 8.66. The molecule has 0 heterocycles. The molecular weight excluding hydrogens is 179 g/mol. The molecular formula is C2H4NNa2O4P. The van der Waals surface area contributed by atoms with Crippen LogP contribution in [-0.2, 0) is 4.57 Å². The molecule has 0 radical (unpaired) electrons. The van der Waals surface area contributed by atoms with Crippen molar-refractivity contribution in [1.82, 2.24) is 0 Å². The second-order valence-corrected chi connectivity index (χ2v) is 1.63. The van der Waals surface area contributed by atoms with E-state index in [2.05, 4.69) is 0 Å². The average Bonchev–Trinajstić information content (AvgIpc) is 1.27. The molecule has 0 fully saturated rings. The van der Waals surface area contributed by atoms with Gasteiger partial charge in [0.15, 0.2) is 0 Å². The van der Waals surface area contributed by atoms with E-state index in [0.717, 1.165) is 0 Å². The van der Waals surface area contributed by atoms with Crippen molar-refractivity contribution in [3.8, 4) is 6.07 Å². The Bertz CT molecular complexity index is 119. The predicted octanol–water partition coefficient (Wildman–Crippen LogP) is -7.65. The maximum atomic E-state index is 8.66. The molecule has 8 heteroatoms. The fourth-order valence-electron chi connectivity index (χ4n) is 0. The second-order valence-electron chi connectivity index (χ2n) is 0.692. The minimum atomic E-state index is -5.14. The Kier molecular flexibility index (Phi) is 29.8. The van der Waals surface area contributed by atoms with Crippen LogP contribution in [0.5, 0.6) is 0 Å². The monoisotopic (exact) mass is 183 g/mol. The van der Waals surface area contributed by atoms with Crippen LogP contribution in [0.3, 0.4) is 0 Å². The molecule has 0 saturated carbocycles. The van der Waals surface area contributed by atoms with E-state index in [1.807, 2.05) is 0 Å². The van der Waals surface area contributed by atoms with Gasteiger partial charge in [0.2, 0.25) is 0 Å². The first-order valence-electron chi connectivity index (χ1n) is 1.47. The number of rotatable bonds is 0. The van der Waals surface area contributed by atoms with Crippen LogP contribution in [0.25, 0.3) is 0 Å². The number of hydrogen-bond acceptors (Lipinski definition) is 4. The number of nitriles is 1. The fraction of sp³-hybridized carbons (Fsp3) is 0.500. The van der Waals surface area contributed by atoms with Gasteiger partial charge in [0, 0.05) is 6.92 Å². The van der Waals surface area contributed by atoms with Gasteiger partial charge in [-0.3, -0.25) is 0 Å². The Labute approximate surface area is 103 Å². The summed E-state index contributed by atoms with van der Waals surface area (Å²) in [5.74, 6) is 0. The molecule has 0 rings (SSSR count). The van der Waals surface area contributed by atoms with Crippen molar-refractivity contribution in [2.24, 2.45) is 0 Å². The predicted molar refractivity (Wildman–Crippen MR) is 21.1 cm³/mol. The quantitative estimate of drug-likeness (QED) is 0.296. The smallest absolute Gasteiger partial charge is 0.790 e. The van der Waals surface area contributed by atoms with Crippen molar-refractivity contribution in [2.45, 2.75) is 6.92 Å². The number of hydrogen-bond donors (Lipinski definition) is 1. The summed E-state index contributed by atoms with van der Waals surface area (Å²) in [7, 11) is -5.14. The zero-order valence-electron chi connectivity index (χ0n) is 6.07. The van der Waals surface area contributed by atoms with E-state index in [4.69, 9.17) is 24.5 Å². The van der Waals surface area contributed by atoms with Gasteiger partial charge in [0.1, 0.15) is 0 Å². The van der Waals surface area contributed by atoms with E-state index < -0.39 is 7.82 Å². The molecule has 0 amide bonds. The van der Waals surface area contributed by atoms with Crippen LogP contribution >= 0.6 is 7.82 Å². The Balaban J connectivity index is -0.0000000326. The molecule has 0 unspecified atom stereocenters. The zero-order chi connectivity index (χ0) is 7.21. The maximum Gasteiger partial charge on any atom is 1.00 e. The number of nitrogens with zero attached hydrogens (tertiary/aromatic N) is 1. The molecule has 10 heavy (non-hydrogen) atoms. The average molecular weight is 183 g/mol. The van der Waals surface area contributed by atoms with Crippen molar-refractivity contribution >= 4 is 7.82 Å². The molecule has 0 aliphatic rings. The van der Waals surface area contributed by atoms with Gasteiger partial charge in [0.25, 0.3) is 0 Å². The Morgan fingerprint density at radius 1 is 1.50 bits per heavy atom. The van der Waals surface area contributed by atoms with Crippen molar-refractivity contribution in [1.29, 1.82) is 5.26 Å². The van der Waals surface area contributed by atoms with E-state index in [-0.39, 0.29) is 59.1 Å². The summed E-state index contributed by atoms with van der Waals surface area (Å²) in [6.07, 6.45) is 0. The summed E-state index contributed by atoms with van der Waals surface area (Å²) in [4.78, 5) is 24.3. The van der Waals surface area contributed by atoms with Crippen LogP contribution in [-0.4, -0.2) is 4.89 Å². The van der Waals surface area contributed by atoms with Gasteiger partial charge >= 0.3 is 59.1 Å². The summed E-state index contributed by atoms with van der Waals surface area (Å²) in [5, 5.41) is 7.32. The normalized spacial score (nSPS) is 6.70. The Hall–Kier alpha value is 1.60. The molecule has 48 valence electrons. The minimum absolute atomic E-state index is 0. The molecule has 0 aromatic rings.